The summed E-state index contributed by atoms with van der Waals surface area (Å²) in [5.74, 6) is 2.64. The van der Waals surface area contributed by atoms with E-state index in [1.54, 1.807) is 18.6 Å². The summed E-state index contributed by atoms with van der Waals surface area (Å²) in [4.78, 5) is 17.9. The van der Waals surface area contributed by atoms with Crippen LogP contribution < -0.4 is 10.1 Å². The first-order valence-electron chi connectivity index (χ1n) is 11.1. The number of ether oxygens (including phenoxy) is 1. The van der Waals surface area contributed by atoms with Crippen molar-refractivity contribution in [3.63, 3.8) is 0 Å². The maximum Gasteiger partial charge on any atom is 0.155 e. The average Bonchev–Trinajstić information content (AvgIpc) is 3.40. The fraction of sp³-hybridized carbons (Fsp3) is 0.160. The Kier molecular flexibility index (Phi) is 6.33. The molecule has 0 atom stereocenters. The van der Waals surface area contributed by atoms with E-state index in [0.29, 0.717) is 29.4 Å². The summed E-state index contributed by atoms with van der Waals surface area (Å²) in [6.07, 6.45) is 8.47. The van der Waals surface area contributed by atoms with Crippen LogP contribution in [0, 0.1) is 13.8 Å². The number of hydrogen-bond acceptors (Lipinski definition) is 9. The number of hydrogen-bond donors (Lipinski definition) is 2. The van der Waals surface area contributed by atoms with Crippen LogP contribution >= 0.6 is 0 Å². The third-order valence-corrected chi connectivity index (χ3v) is 5.40. The number of aryl methyl sites for hydroxylation is 4. The number of aromatic amines is 1. The van der Waals surface area contributed by atoms with Crippen LogP contribution in [0.5, 0.6) is 11.5 Å². The molecule has 10 nitrogen and oxygen atoms in total. The van der Waals surface area contributed by atoms with E-state index in [-0.39, 0.29) is 0 Å². The van der Waals surface area contributed by atoms with E-state index >= 15 is 0 Å². The molecule has 0 saturated carbocycles. The average molecular weight is 466 g/mol. The molecule has 5 rings (SSSR count). The Morgan fingerprint density at radius 1 is 0.971 bits per heavy atom. The zero-order chi connectivity index (χ0) is 24.0. The van der Waals surface area contributed by atoms with E-state index in [9.17, 15) is 0 Å². The van der Waals surface area contributed by atoms with E-state index in [4.69, 9.17) is 9.72 Å². The third kappa shape index (κ3) is 5.44. The molecule has 0 amide bonds. The summed E-state index contributed by atoms with van der Waals surface area (Å²) in [5.41, 5.74) is 5.30. The number of H-pyrrole nitrogens is 1. The molecule has 0 saturated heterocycles. The lowest BCUT2D eigenvalue weighted by Gasteiger charge is -2.14. The molecule has 0 aromatic carbocycles. The van der Waals surface area contributed by atoms with Gasteiger partial charge in [-0.1, -0.05) is 6.07 Å². The number of anilines is 2. The maximum atomic E-state index is 6.26. The number of nitrogens with zero attached hydrogens (tertiary/aromatic N) is 7. The molecule has 35 heavy (non-hydrogen) atoms. The second-order valence-electron chi connectivity index (χ2n) is 7.99. The Balaban J connectivity index is 1.34. The van der Waals surface area contributed by atoms with Crippen molar-refractivity contribution in [1.82, 2.24) is 40.6 Å². The molecule has 0 aliphatic rings. The summed E-state index contributed by atoms with van der Waals surface area (Å²) < 4.78 is 6.26. The molecule has 0 aliphatic heterocycles. The van der Waals surface area contributed by atoms with Crippen LogP contribution in [0.15, 0.2) is 67.3 Å². The van der Waals surface area contributed by atoms with Crippen LogP contribution in [0.1, 0.15) is 22.6 Å². The lowest BCUT2D eigenvalue weighted by molar-refractivity contribution is 0.481. The van der Waals surface area contributed by atoms with E-state index in [1.165, 1.54) is 0 Å². The van der Waals surface area contributed by atoms with Gasteiger partial charge in [-0.15, -0.1) is 5.10 Å². The SMILES string of the molecule is Cc1cc(Oc2ccnc(Nc3cncc(CCc4nnn[nH]4)c3)c2)c(-c2ccccn2)nc1C. The standard InChI is InChI=1S/C25H23N9O/c1-16-11-22(25(29-17(16)2)21-5-3-4-9-27-21)35-20-8-10-28-24(13-20)30-19-12-18(14-26-15-19)6-7-23-31-33-34-32-23/h3-5,8-15H,6-7H2,1-2H3,(H,28,30)(H,31,32,33,34). The molecular formula is C25H23N9O. The molecule has 5 aromatic heterocycles. The van der Waals surface area contributed by atoms with Gasteiger partial charge in [-0.25, -0.2) is 15.1 Å². The molecule has 5 heterocycles. The molecule has 0 radical (unpaired) electrons. The first-order chi connectivity index (χ1) is 17.1. The summed E-state index contributed by atoms with van der Waals surface area (Å²) in [6, 6.07) is 13.4. The highest BCUT2D eigenvalue weighted by Crippen LogP contribution is 2.33. The molecule has 0 bridgehead atoms. The van der Waals surface area contributed by atoms with Crippen molar-refractivity contribution >= 4 is 11.5 Å². The number of tetrazole rings is 1. The second-order valence-corrected chi connectivity index (χ2v) is 7.99. The fourth-order valence-corrected chi connectivity index (χ4v) is 3.50. The summed E-state index contributed by atoms with van der Waals surface area (Å²) >= 11 is 0. The van der Waals surface area contributed by atoms with Crippen molar-refractivity contribution in [1.29, 1.82) is 0 Å². The Morgan fingerprint density at radius 3 is 2.74 bits per heavy atom. The van der Waals surface area contributed by atoms with Gasteiger partial charge in [-0.2, -0.15) is 0 Å². The van der Waals surface area contributed by atoms with Crippen LogP contribution in [-0.2, 0) is 12.8 Å². The molecule has 2 N–H and O–H groups in total. The van der Waals surface area contributed by atoms with Gasteiger partial charge in [0, 0.05) is 36.8 Å². The number of aromatic nitrogens is 8. The van der Waals surface area contributed by atoms with E-state index < -0.39 is 0 Å². The van der Waals surface area contributed by atoms with E-state index in [0.717, 1.165) is 40.4 Å². The highest BCUT2D eigenvalue weighted by atomic mass is 16.5. The quantitative estimate of drug-likeness (QED) is 0.343. The minimum absolute atomic E-state index is 0.631. The van der Waals surface area contributed by atoms with Crippen LogP contribution in [0.2, 0.25) is 0 Å². The van der Waals surface area contributed by atoms with E-state index in [2.05, 4.69) is 40.9 Å². The van der Waals surface area contributed by atoms with Gasteiger partial charge in [-0.3, -0.25) is 9.97 Å². The summed E-state index contributed by atoms with van der Waals surface area (Å²) in [7, 11) is 0. The van der Waals surface area contributed by atoms with Crippen molar-refractivity contribution in [3.05, 3.63) is 89.9 Å². The van der Waals surface area contributed by atoms with Gasteiger partial charge in [0.15, 0.2) is 5.75 Å². The molecule has 0 aliphatic carbocycles. The zero-order valence-electron chi connectivity index (χ0n) is 19.3. The van der Waals surface area contributed by atoms with Crippen molar-refractivity contribution in [3.8, 4) is 22.9 Å². The minimum Gasteiger partial charge on any atom is -0.455 e. The lowest BCUT2D eigenvalue weighted by atomic mass is 10.1. The maximum absolute atomic E-state index is 6.26. The van der Waals surface area contributed by atoms with Gasteiger partial charge in [0.05, 0.1) is 17.6 Å². The van der Waals surface area contributed by atoms with Crippen LogP contribution in [0.3, 0.4) is 0 Å². The number of nitrogens with one attached hydrogen (secondary N) is 2. The number of rotatable bonds is 8. The van der Waals surface area contributed by atoms with Gasteiger partial charge >= 0.3 is 0 Å². The molecule has 0 spiro atoms. The smallest absolute Gasteiger partial charge is 0.155 e. The second kappa shape index (κ2) is 10.0. The normalized spacial score (nSPS) is 10.8. The predicted molar refractivity (Wildman–Crippen MR) is 130 cm³/mol. The van der Waals surface area contributed by atoms with Crippen molar-refractivity contribution in [2.45, 2.75) is 26.7 Å². The van der Waals surface area contributed by atoms with Gasteiger partial charge in [0.25, 0.3) is 0 Å². The molecule has 0 unspecified atom stereocenters. The Hall–Kier alpha value is -4.73. The zero-order valence-corrected chi connectivity index (χ0v) is 19.3. The van der Waals surface area contributed by atoms with Crippen LogP contribution in [-0.4, -0.2) is 40.6 Å². The Labute approximate surface area is 201 Å². The van der Waals surface area contributed by atoms with Crippen molar-refractivity contribution < 1.29 is 4.74 Å². The topological polar surface area (TPSA) is 127 Å². The minimum atomic E-state index is 0.631. The highest BCUT2D eigenvalue weighted by molar-refractivity contribution is 5.65. The third-order valence-electron chi connectivity index (χ3n) is 5.40. The monoisotopic (exact) mass is 465 g/mol. The molecule has 10 heteroatoms. The Morgan fingerprint density at radius 2 is 1.91 bits per heavy atom. The highest BCUT2D eigenvalue weighted by Gasteiger charge is 2.13. The van der Waals surface area contributed by atoms with Crippen LogP contribution in [0.4, 0.5) is 11.5 Å². The van der Waals surface area contributed by atoms with Gasteiger partial charge in [0.1, 0.15) is 23.1 Å². The molecule has 5 aromatic rings. The molecule has 174 valence electrons. The lowest BCUT2D eigenvalue weighted by Crippen LogP contribution is -1.99. The predicted octanol–water partition coefficient (Wildman–Crippen LogP) is 4.38. The van der Waals surface area contributed by atoms with Crippen LogP contribution in [0.25, 0.3) is 11.4 Å². The summed E-state index contributed by atoms with van der Waals surface area (Å²) in [5, 5.41) is 17.2. The van der Waals surface area contributed by atoms with E-state index in [1.807, 2.05) is 62.5 Å². The number of pyridine rings is 4. The molecule has 0 fully saturated rings. The van der Waals surface area contributed by atoms with Crippen molar-refractivity contribution in [2.75, 3.05) is 5.32 Å². The van der Waals surface area contributed by atoms with Gasteiger partial charge < -0.3 is 10.1 Å². The molecular weight excluding hydrogens is 442 g/mol. The van der Waals surface area contributed by atoms with Crippen molar-refractivity contribution in [2.24, 2.45) is 0 Å². The summed E-state index contributed by atoms with van der Waals surface area (Å²) in [6.45, 7) is 3.99. The first kappa shape index (κ1) is 22.1. The first-order valence-corrected chi connectivity index (χ1v) is 11.1. The Bertz CT molecular complexity index is 1420. The van der Waals surface area contributed by atoms with Gasteiger partial charge in [-0.05, 0) is 72.2 Å². The largest absolute Gasteiger partial charge is 0.455 e. The van der Waals surface area contributed by atoms with Gasteiger partial charge in [0.2, 0.25) is 0 Å². The fourth-order valence-electron chi connectivity index (χ4n) is 3.50.